The van der Waals surface area contributed by atoms with E-state index in [9.17, 15) is 9.18 Å². The fourth-order valence-corrected chi connectivity index (χ4v) is 4.73. The van der Waals surface area contributed by atoms with Crippen LogP contribution in [0.5, 0.6) is 0 Å². The number of benzene rings is 1. The van der Waals surface area contributed by atoms with Gasteiger partial charge in [0, 0.05) is 42.3 Å². The minimum absolute atomic E-state index is 0.0288. The summed E-state index contributed by atoms with van der Waals surface area (Å²) in [7, 11) is 0. The maximum Gasteiger partial charge on any atom is 0.261 e. The number of nitrogens with one attached hydrogen (secondary N) is 2. The lowest BCUT2D eigenvalue weighted by atomic mass is 10.1. The summed E-state index contributed by atoms with van der Waals surface area (Å²) in [5.74, 6) is -0.234. The first kappa shape index (κ1) is 18.8. The maximum absolute atomic E-state index is 13.1. The maximum atomic E-state index is 13.1. The van der Waals surface area contributed by atoms with Gasteiger partial charge in [-0.3, -0.25) is 9.69 Å². The summed E-state index contributed by atoms with van der Waals surface area (Å²) in [6.45, 7) is 2.40. The molecule has 2 N–H and O–H groups in total. The molecule has 1 aromatic carbocycles. The van der Waals surface area contributed by atoms with E-state index < -0.39 is 0 Å². The molecule has 0 saturated carbocycles. The molecule has 1 saturated heterocycles. The van der Waals surface area contributed by atoms with Crippen molar-refractivity contribution in [1.82, 2.24) is 20.2 Å². The van der Waals surface area contributed by atoms with Crippen LogP contribution in [-0.4, -0.2) is 33.9 Å². The molecular formula is C21H23FN4OS. The number of nitrogens with zero attached hydrogens (tertiary/aromatic N) is 2. The highest BCUT2D eigenvalue weighted by atomic mass is 32.1. The number of carbonyl (C=O) groups is 1. The Bertz CT molecular complexity index is 907. The predicted octanol–water partition coefficient (Wildman–Crippen LogP) is 3.92. The van der Waals surface area contributed by atoms with Crippen molar-refractivity contribution in [3.63, 3.8) is 0 Å². The van der Waals surface area contributed by atoms with Crippen molar-refractivity contribution < 1.29 is 9.18 Å². The van der Waals surface area contributed by atoms with Gasteiger partial charge in [-0.25, -0.2) is 9.37 Å². The van der Waals surface area contributed by atoms with E-state index in [0.717, 1.165) is 48.5 Å². The number of aromatic nitrogens is 2. The van der Waals surface area contributed by atoms with Crippen LogP contribution in [0.25, 0.3) is 0 Å². The van der Waals surface area contributed by atoms with E-state index in [-0.39, 0.29) is 11.7 Å². The Kier molecular flexibility index (Phi) is 5.83. The minimum Gasteiger partial charge on any atom is -0.351 e. The molecule has 28 heavy (non-hydrogen) atoms. The fraction of sp³-hybridized carbons (Fsp3) is 0.333. The van der Waals surface area contributed by atoms with Crippen molar-refractivity contribution in [3.8, 4) is 0 Å². The number of carbonyl (C=O) groups excluding carboxylic acids is 1. The number of halogens is 1. The lowest BCUT2D eigenvalue weighted by Crippen LogP contribution is -2.25. The molecule has 0 aliphatic carbocycles. The second-order valence-electron chi connectivity index (χ2n) is 7.04. The third-order valence-electron chi connectivity index (χ3n) is 5.08. The number of rotatable bonds is 7. The Balaban J connectivity index is 1.35. The van der Waals surface area contributed by atoms with E-state index in [4.69, 9.17) is 0 Å². The number of hydrogen-bond acceptors (Lipinski definition) is 4. The van der Waals surface area contributed by atoms with Crippen LogP contribution < -0.4 is 5.32 Å². The van der Waals surface area contributed by atoms with Gasteiger partial charge < -0.3 is 10.3 Å². The number of likely N-dealkylation sites (tertiary alicyclic amines) is 1. The zero-order chi connectivity index (χ0) is 19.3. The van der Waals surface area contributed by atoms with Crippen LogP contribution in [0, 0.1) is 5.82 Å². The molecule has 0 bridgehead atoms. The second kappa shape index (κ2) is 8.67. The molecule has 1 amide bonds. The van der Waals surface area contributed by atoms with Crippen molar-refractivity contribution >= 4 is 17.2 Å². The molecule has 3 aromatic rings. The van der Waals surface area contributed by atoms with E-state index >= 15 is 0 Å². The monoisotopic (exact) mass is 398 g/mol. The number of hydrogen-bond donors (Lipinski definition) is 2. The molecule has 1 aliphatic heterocycles. The summed E-state index contributed by atoms with van der Waals surface area (Å²) < 4.78 is 13.1. The molecule has 0 radical (unpaired) electrons. The van der Waals surface area contributed by atoms with E-state index in [1.54, 1.807) is 23.9 Å². The minimum atomic E-state index is -0.205. The van der Waals surface area contributed by atoms with Crippen molar-refractivity contribution in [3.05, 3.63) is 75.8 Å². The summed E-state index contributed by atoms with van der Waals surface area (Å²) in [6, 6.07) is 11.0. The lowest BCUT2D eigenvalue weighted by molar-refractivity contribution is 0.0958. The smallest absolute Gasteiger partial charge is 0.261 e. The summed E-state index contributed by atoms with van der Waals surface area (Å²) in [5, 5.41) is 2.97. The SMILES string of the molecule is O=C(NCCc1cnc[nH]1)c1ccc([C@@H]2CCCN2Cc2ccc(F)cc2)s1. The number of H-pyrrole nitrogens is 1. The van der Waals surface area contributed by atoms with Gasteiger partial charge in [-0.05, 0) is 49.2 Å². The summed E-state index contributed by atoms with van der Waals surface area (Å²) >= 11 is 1.57. The molecule has 1 aliphatic rings. The number of amides is 1. The molecule has 0 unspecified atom stereocenters. The van der Waals surface area contributed by atoms with Crippen LogP contribution in [0.4, 0.5) is 4.39 Å². The number of aromatic amines is 1. The summed E-state index contributed by atoms with van der Waals surface area (Å²) in [5.41, 5.74) is 2.12. The van der Waals surface area contributed by atoms with E-state index in [1.165, 1.54) is 17.0 Å². The highest BCUT2D eigenvalue weighted by Gasteiger charge is 2.27. The number of thiophene rings is 1. The molecule has 1 fully saturated rings. The van der Waals surface area contributed by atoms with E-state index in [1.807, 2.05) is 18.2 Å². The fourth-order valence-electron chi connectivity index (χ4n) is 3.64. The molecule has 5 nitrogen and oxygen atoms in total. The standard InChI is InChI=1S/C21H23FN4OS/c22-16-5-3-15(4-6-16)13-26-11-1-2-18(26)19-7-8-20(28-19)21(27)24-10-9-17-12-23-14-25-17/h3-8,12,14,18H,1-2,9-11,13H2,(H,23,25)(H,24,27)/t18-/m0/s1. The van der Waals surface area contributed by atoms with Gasteiger partial charge in [0.25, 0.3) is 5.91 Å². The first-order chi connectivity index (χ1) is 13.7. The van der Waals surface area contributed by atoms with Gasteiger partial charge in [-0.2, -0.15) is 0 Å². The van der Waals surface area contributed by atoms with Crippen molar-refractivity contribution in [2.45, 2.75) is 31.8 Å². The molecule has 7 heteroatoms. The average Bonchev–Trinajstić information content (AvgIpc) is 3.45. The highest BCUT2D eigenvalue weighted by Crippen LogP contribution is 2.36. The van der Waals surface area contributed by atoms with Gasteiger partial charge in [0.1, 0.15) is 5.82 Å². The summed E-state index contributed by atoms with van der Waals surface area (Å²) in [4.78, 5) is 23.8. The quantitative estimate of drug-likeness (QED) is 0.634. The van der Waals surface area contributed by atoms with Crippen LogP contribution in [0.2, 0.25) is 0 Å². The largest absolute Gasteiger partial charge is 0.351 e. The first-order valence-electron chi connectivity index (χ1n) is 9.53. The Hall–Kier alpha value is -2.51. The predicted molar refractivity (Wildman–Crippen MR) is 108 cm³/mol. The van der Waals surface area contributed by atoms with Crippen molar-refractivity contribution in [1.29, 1.82) is 0 Å². The normalized spacial score (nSPS) is 17.1. The highest BCUT2D eigenvalue weighted by molar-refractivity contribution is 7.14. The molecule has 2 aromatic heterocycles. The average molecular weight is 399 g/mol. The molecule has 146 valence electrons. The van der Waals surface area contributed by atoms with Crippen molar-refractivity contribution in [2.75, 3.05) is 13.1 Å². The van der Waals surface area contributed by atoms with Gasteiger partial charge in [0.15, 0.2) is 0 Å². The van der Waals surface area contributed by atoms with Crippen LogP contribution >= 0.6 is 11.3 Å². The van der Waals surface area contributed by atoms with Crippen LogP contribution in [-0.2, 0) is 13.0 Å². The zero-order valence-corrected chi connectivity index (χ0v) is 16.3. The third-order valence-corrected chi connectivity index (χ3v) is 6.26. The molecule has 0 spiro atoms. The van der Waals surface area contributed by atoms with Crippen LogP contribution in [0.1, 0.15) is 44.7 Å². The zero-order valence-electron chi connectivity index (χ0n) is 15.5. The molecule has 4 rings (SSSR count). The van der Waals surface area contributed by atoms with Gasteiger partial charge in [0.2, 0.25) is 0 Å². The van der Waals surface area contributed by atoms with Crippen LogP contribution in [0.3, 0.4) is 0 Å². The topological polar surface area (TPSA) is 61.0 Å². The first-order valence-corrected chi connectivity index (χ1v) is 10.3. The lowest BCUT2D eigenvalue weighted by Gasteiger charge is -2.23. The number of imidazole rings is 1. The van der Waals surface area contributed by atoms with Gasteiger partial charge in [-0.15, -0.1) is 11.3 Å². The van der Waals surface area contributed by atoms with E-state index in [2.05, 4.69) is 26.3 Å². The van der Waals surface area contributed by atoms with Gasteiger partial charge >= 0.3 is 0 Å². The molecule has 1 atom stereocenters. The Morgan fingerprint density at radius 2 is 2.14 bits per heavy atom. The molecular weight excluding hydrogens is 375 g/mol. The summed E-state index contributed by atoms with van der Waals surface area (Å²) in [6.07, 6.45) is 6.36. The van der Waals surface area contributed by atoms with E-state index in [0.29, 0.717) is 12.6 Å². The molecule has 3 heterocycles. The Labute approximate surface area is 167 Å². The Morgan fingerprint density at radius 3 is 2.93 bits per heavy atom. The van der Waals surface area contributed by atoms with Crippen LogP contribution in [0.15, 0.2) is 48.9 Å². The Morgan fingerprint density at radius 1 is 1.29 bits per heavy atom. The third kappa shape index (κ3) is 4.48. The van der Waals surface area contributed by atoms with Gasteiger partial charge in [-0.1, -0.05) is 12.1 Å². The van der Waals surface area contributed by atoms with Gasteiger partial charge in [0.05, 0.1) is 11.2 Å². The van der Waals surface area contributed by atoms with Crippen molar-refractivity contribution in [2.24, 2.45) is 0 Å². The second-order valence-corrected chi connectivity index (χ2v) is 8.16.